The van der Waals surface area contributed by atoms with Crippen LogP contribution < -0.4 is 11.1 Å². The molecule has 1 aromatic carbocycles. The Hall–Kier alpha value is -1.95. The summed E-state index contributed by atoms with van der Waals surface area (Å²) >= 11 is 5.98. The normalized spacial score (nSPS) is 12.2. The predicted octanol–water partition coefficient (Wildman–Crippen LogP) is 2.68. The zero-order valence-corrected chi connectivity index (χ0v) is 11.7. The molecule has 0 radical (unpaired) electrons. The zero-order valence-electron chi connectivity index (χ0n) is 11.0. The van der Waals surface area contributed by atoms with Gasteiger partial charge < -0.3 is 11.1 Å². The number of benzene rings is 1. The summed E-state index contributed by atoms with van der Waals surface area (Å²) in [6.07, 6.45) is 2.89. The third-order valence-corrected chi connectivity index (χ3v) is 3.18. The molecule has 1 unspecified atom stereocenters. The highest BCUT2D eigenvalue weighted by molar-refractivity contribution is 6.31. The van der Waals surface area contributed by atoms with Crippen LogP contribution in [0.3, 0.4) is 0 Å². The van der Waals surface area contributed by atoms with E-state index in [4.69, 9.17) is 17.3 Å². The highest BCUT2D eigenvalue weighted by Gasteiger charge is 2.07. The second kappa shape index (κ2) is 6.47. The van der Waals surface area contributed by atoms with E-state index in [0.29, 0.717) is 11.0 Å². The molecule has 3 N–H and O–H groups in total. The first-order chi connectivity index (χ1) is 9.54. The number of rotatable bonds is 5. The number of halogens is 2. The smallest absolute Gasteiger partial charge is 0.227 e. The molecule has 0 spiro atoms. The molecule has 0 amide bonds. The summed E-state index contributed by atoms with van der Waals surface area (Å²) in [4.78, 5) is 11.7. The van der Waals surface area contributed by atoms with Gasteiger partial charge in [-0.05, 0) is 37.5 Å². The van der Waals surface area contributed by atoms with Gasteiger partial charge in [-0.2, -0.15) is 4.98 Å². The number of aromatic nitrogens is 3. The monoisotopic (exact) mass is 295 g/mol. The maximum absolute atomic E-state index is 12.9. The first kappa shape index (κ1) is 14.5. The van der Waals surface area contributed by atoms with Gasteiger partial charge in [0.2, 0.25) is 11.9 Å². The Balaban J connectivity index is 1.90. The molecule has 0 fully saturated rings. The average molecular weight is 296 g/mol. The molecule has 0 aliphatic heterocycles. The highest BCUT2D eigenvalue weighted by Crippen LogP contribution is 2.19. The number of aryl methyl sites for hydroxylation is 1. The van der Waals surface area contributed by atoms with E-state index in [1.54, 1.807) is 6.07 Å². The third-order valence-electron chi connectivity index (χ3n) is 2.83. The summed E-state index contributed by atoms with van der Waals surface area (Å²) in [5.74, 6) is 0.289. The van der Waals surface area contributed by atoms with Crippen molar-refractivity contribution in [2.75, 3.05) is 11.1 Å². The molecule has 2 aromatic rings. The third kappa shape index (κ3) is 4.03. The summed E-state index contributed by atoms with van der Waals surface area (Å²) in [6, 6.07) is 4.55. The Bertz CT molecular complexity index is 593. The molecule has 1 atom stereocenters. The summed E-state index contributed by atoms with van der Waals surface area (Å²) in [5, 5.41) is 3.57. The molecule has 1 aromatic heterocycles. The summed E-state index contributed by atoms with van der Waals surface area (Å²) < 4.78 is 12.9. The minimum Gasteiger partial charge on any atom is -0.368 e. The van der Waals surface area contributed by atoms with Crippen LogP contribution in [0, 0.1) is 5.82 Å². The Morgan fingerprint density at radius 2 is 2.20 bits per heavy atom. The van der Waals surface area contributed by atoms with Gasteiger partial charge in [0.05, 0.1) is 0 Å². The largest absolute Gasteiger partial charge is 0.368 e. The number of hydrogen-bond donors (Lipinski definition) is 2. The van der Waals surface area contributed by atoms with Crippen molar-refractivity contribution >= 4 is 23.5 Å². The molecule has 0 aliphatic carbocycles. The summed E-state index contributed by atoms with van der Waals surface area (Å²) in [6.45, 7) is 2.00. The minimum atomic E-state index is -0.328. The molecular formula is C13H15ClFN5. The average Bonchev–Trinajstić information content (AvgIpc) is 2.37. The van der Waals surface area contributed by atoms with Gasteiger partial charge in [-0.25, -0.2) is 14.4 Å². The van der Waals surface area contributed by atoms with Gasteiger partial charge >= 0.3 is 0 Å². The maximum Gasteiger partial charge on any atom is 0.227 e. The van der Waals surface area contributed by atoms with Crippen molar-refractivity contribution in [2.24, 2.45) is 0 Å². The van der Waals surface area contributed by atoms with Gasteiger partial charge in [0.15, 0.2) is 0 Å². The van der Waals surface area contributed by atoms with Crippen molar-refractivity contribution < 1.29 is 4.39 Å². The number of nitrogens with one attached hydrogen (secondary N) is 1. The van der Waals surface area contributed by atoms with Crippen LogP contribution in [0.2, 0.25) is 5.02 Å². The SMILES string of the molecule is CC(CCc1ccc(F)cc1Cl)Nc1ncnc(N)n1. The van der Waals surface area contributed by atoms with Crippen LogP contribution >= 0.6 is 11.6 Å². The summed E-state index contributed by atoms with van der Waals surface area (Å²) in [5.41, 5.74) is 6.39. The van der Waals surface area contributed by atoms with E-state index in [9.17, 15) is 4.39 Å². The van der Waals surface area contributed by atoms with Gasteiger partial charge in [-0.3, -0.25) is 0 Å². The Labute approximate surface area is 121 Å². The molecule has 0 bridgehead atoms. The molecule has 0 saturated carbocycles. The zero-order chi connectivity index (χ0) is 14.5. The fourth-order valence-electron chi connectivity index (χ4n) is 1.77. The van der Waals surface area contributed by atoms with Gasteiger partial charge in [0.25, 0.3) is 0 Å². The van der Waals surface area contributed by atoms with E-state index < -0.39 is 0 Å². The molecule has 0 saturated heterocycles. The van der Waals surface area contributed by atoms with E-state index in [-0.39, 0.29) is 17.8 Å². The van der Waals surface area contributed by atoms with Crippen molar-refractivity contribution in [1.82, 2.24) is 15.0 Å². The number of nitrogen functional groups attached to an aromatic ring is 1. The molecule has 106 valence electrons. The van der Waals surface area contributed by atoms with E-state index in [0.717, 1.165) is 18.4 Å². The van der Waals surface area contributed by atoms with Crippen LogP contribution in [0.15, 0.2) is 24.5 Å². The lowest BCUT2D eigenvalue weighted by Crippen LogP contribution is -2.18. The van der Waals surface area contributed by atoms with Crippen LogP contribution in [0.1, 0.15) is 18.9 Å². The van der Waals surface area contributed by atoms with Crippen molar-refractivity contribution in [2.45, 2.75) is 25.8 Å². The van der Waals surface area contributed by atoms with Crippen LogP contribution in [-0.4, -0.2) is 21.0 Å². The second-order valence-corrected chi connectivity index (χ2v) is 4.89. The van der Waals surface area contributed by atoms with Crippen LogP contribution in [-0.2, 0) is 6.42 Å². The summed E-state index contributed by atoms with van der Waals surface area (Å²) in [7, 11) is 0. The van der Waals surface area contributed by atoms with Crippen molar-refractivity contribution in [3.63, 3.8) is 0 Å². The second-order valence-electron chi connectivity index (χ2n) is 4.49. The Morgan fingerprint density at radius 1 is 1.40 bits per heavy atom. The molecule has 7 heteroatoms. The van der Waals surface area contributed by atoms with Gasteiger partial charge in [0.1, 0.15) is 12.1 Å². The Morgan fingerprint density at radius 3 is 2.90 bits per heavy atom. The lowest BCUT2D eigenvalue weighted by molar-refractivity contribution is 0.626. The number of hydrogen-bond acceptors (Lipinski definition) is 5. The number of nitrogens with two attached hydrogens (primary N) is 1. The van der Waals surface area contributed by atoms with Crippen LogP contribution in [0.25, 0.3) is 0 Å². The van der Waals surface area contributed by atoms with E-state index in [2.05, 4.69) is 20.3 Å². The molecule has 1 heterocycles. The standard InChI is InChI=1S/C13H15ClFN5/c1-8(19-13-18-7-17-12(16)20-13)2-3-9-4-5-10(15)6-11(9)14/h4-8H,2-3H2,1H3,(H3,16,17,18,19,20). The maximum atomic E-state index is 12.9. The fourth-order valence-corrected chi connectivity index (χ4v) is 2.03. The first-order valence-corrected chi connectivity index (χ1v) is 6.57. The van der Waals surface area contributed by atoms with Crippen molar-refractivity contribution in [3.05, 3.63) is 40.9 Å². The van der Waals surface area contributed by atoms with Crippen molar-refractivity contribution in [1.29, 1.82) is 0 Å². The molecule has 2 rings (SSSR count). The van der Waals surface area contributed by atoms with Crippen LogP contribution in [0.4, 0.5) is 16.3 Å². The minimum absolute atomic E-state index is 0.123. The molecule has 20 heavy (non-hydrogen) atoms. The molecule has 5 nitrogen and oxygen atoms in total. The lowest BCUT2D eigenvalue weighted by atomic mass is 10.1. The van der Waals surface area contributed by atoms with E-state index in [1.807, 2.05) is 6.92 Å². The predicted molar refractivity (Wildman–Crippen MR) is 77.1 cm³/mol. The van der Waals surface area contributed by atoms with Gasteiger partial charge in [0, 0.05) is 11.1 Å². The molecular weight excluding hydrogens is 281 g/mol. The van der Waals surface area contributed by atoms with E-state index >= 15 is 0 Å². The first-order valence-electron chi connectivity index (χ1n) is 6.19. The Kier molecular flexibility index (Phi) is 4.68. The topological polar surface area (TPSA) is 76.7 Å². The van der Waals surface area contributed by atoms with Gasteiger partial charge in [-0.1, -0.05) is 17.7 Å². The van der Waals surface area contributed by atoms with E-state index in [1.165, 1.54) is 18.5 Å². The highest BCUT2D eigenvalue weighted by atomic mass is 35.5. The van der Waals surface area contributed by atoms with Gasteiger partial charge in [-0.15, -0.1) is 0 Å². The number of nitrogens with zero attached hydrogens (tertiary/aromatic N) is 3. The van der Waals surface area contributed by atoms with Crippen molar-refractivity contribution in [3.8, 4) is 0 Å². The quantitative estimate of drug-likeness (QED) is 0.887. The number of anilines is 2. The lowest BCUT2D eigenvalue weighted by Gasteiger charge is -2.14. The fraction of sp³-hybridized carbons (Fsp3) is 0.308. The molecule has 0 aliphatic rings. The van der Waals surface area contributed by atoms with Crippen LogP contribution in [0.5, 0.6) is 0 Å².